The van der Waals surface area contributed by atoms with Crippen molar-refractivity contribution in [3.05, 3.63) is 0 Å². The molecule has 20 heavy (non-hydrogen) atoms. The van der Waals surface area contributed by atoms with Crippen molar-refractivity contribution in [3.8, 4) is 0 Å². The fourth-order valence-corrected chi connectivity index (χ4v) is 2.59. The van der Waals surface area contributed by atoms with Crippen LogP contribution in [-0.4, -0.2) is 23.4 Å². The Hall–Kier alpha value is -0.0800. The molecule has 0 bridgehead atoms. The molecule has 0 fully saturated rings. The maximum atomic E-state index is 9.57. The van der Waals surface area contributed by atoms with Gasteiger partial charge in [-0.05, 0) is 12.8 Å². The predicted molar refractivity (Wildman–Crippen MR) is 89.3 cm³/mol. The molecule has 2 nitrogen and oxygen atoms in total. The number of hydrogen-bond donors (Lipinski definition) is 1. The van der Waals surface area contributed by atoms with E-state index in [9.17, 15) is 5.21 Å². The molecule has 0 aliphatic rings. The van der Waals surface area contributed by atoms with Crippen LogP contribution in [0.5, 0.6) is 0 Å². The Morgan fingerprint density at radius 2 is 0.850 bits per heavy atom. The second-order valence-corrected chi connectivity index (χ2v) is 6.20. The summed E-state index contributed by atoms with van der Waals surface area (Å²) in [5, 5.41) is 11.1. The van der Waals surface area contributed by atoms with E-state index in [0.29, 0.717) is 0 Å². The molecule has 0 heterocycles. The maximum absolute atomic E-state index is 9.57. The Morgan fingerprint density at radius 3 is 1.30 bits per heavy atom. The first kappa shape index (κ1) is 19.9. The quantitative estimate of drug-likeness (QED) is 0.270. The van der Waals surface area contributed by atoms with E-state index in [1.54, 1.807) is 0 Å². The topological polar surface area (TPSA) is 23.5 Å². The molecule has 0 spiro atoms. The molecule has 0 amide bonds. The van der Waals surface area contributed by atoms with Crippen LogP contribution in [0.25, 0.3) is 0 Å². The van der Waals surface area contributed by atoms with Gasteiger partial charge in [-0.25, -0.2) is 0 Å². The van der Waals surface area contributed by atoms with Gasteiger partial charge in [-0.3, -0.25) is 0 Å². The molecular weight excluding hydrogens is 246 g/mol. The zero-order valence-electron chi connectivity index (χ0n) is 14.2. The minimum Gasteiger partial charge on any atom is -0.314 e. The fraction of sp³-hybridized carbons (Fsp3) is 1.00. The Bertz CT molecular complexity index is 173. The highest BCUT2D eigenvalue weighted by Gasteiger charge is 1.99. The molecule has 0 radical (unpaired) electrons. The summed E-state index contributed by atoms with van der Waals surface area (Å²) in [5.74, 6) is 0. The molecule has 0 saturated carbocycles. The van der Waals surface area contributed by atoms with Gasteiger partial charge in [0.15, 0.2) is 0 Å². The van der Waals surface area contributed by atoms with E-state index in [0.717, 1.165) is 32.4 Å². The van der Waals surface area contributed by atoms with Crippen LogP contribution in [0.4, 0.5) is 0 Å². The van der Waals surface area contributed by atoms with E-state index in [1.807, 2.05) is 0 Å². The van der Waals surface area contributed by atoms with E-state index in [2.05, 4.69) is 13.8 Å². The molecule has 0 aliphatic heterocycles. The van der Waals surface area contributed by atoms with Gasteiger partial charge in [0.2, 0.25) is 0 Å². The summed E-state index contributed by atoms with van der Waals surface area (Å²) in [6.07, 6.45) is 18.8. The molecular formula is C18H39NO. The molecule has 0 saturated heterocycles. The molecule has 122 valence electrons. The SMILES string of the molecule is CCCCCCCCCCCCCCN(O)CCCC. The number of rotatable bonds is 16. The van der Waals surface area contributed by atoms with Crippen molar-refractivity contribution in [2.75, 3.05) is 13.1 Å². The monoisotopic (exact) mass is 285 g/mol. The lowest BCUT2D eigenvalue weighted by molar-refractivity contribution is -0.0922. The van der Waals surface area contributed by atoms with Crippen LogP contribution in [0.1, 0.15) is 104 Å². The van der Waals surface area contributed by atoms with Crippen LogP contribution in [0.15, 0.2) is 0 Å². The third kappa shape index (κ3) is 16.0. The normalized spacial score (nSPS) is 11.4. The van der Waals surface area contributed by atoms with Crippen molar-refractivity contribution in [2.24, 2.45) is 0 Å². The molecule has 1 N–H and O–H groups in total. The molecule has 0 atom stereocenters. The van der Waals surface area contributed by atoms with Crippen LogP contribution in [-0.2, 0) is 0 Å². The van der Waals surface area contributed by atoms with Gasteiger partial charge in [0.05, 0.1) is 0 Å². The largest absolute Gasteiger partial charge is 0.314 e. The summed E-state index contributed by atoms with van der Waals surface area (Å²) in [7, 11) is 0. The summed E-state index contributed by atoms with van der Waals surface area (Å²) in [6.45, 7) is 6.14. The van der Waals surface area contributed by atoms with Crippen molar-refractivity contribution in [2.45, 2.75) is 104 Å². The Labute approximate surface area is 127 Å². The predicted octanol–water partition coefficient (Wildman–Crippen LogP) is 6.18. The third-order valence-electron chi connectivity index (χ3n) is 4.04. The van der Waals surface area contributed by atoms with Crippen molar-refractivity contribution in [3.63, 3.8) is 0 Å². The van der Waals surface area contributed by atoms with E-state index in [1.165, 1.54) is 75.7 Å². The summed E-state index contributed by atoms with van der Waals surface area (Å²) >= 11 is 0. The van der Waals surface area contributed by atoms with E-state index in [4.69, 9.17) is 0 Å². The first-order valence-electron chi connectivity index (χ1n) is 9.25. The summed E-state index contributed by atoms with van der Waals surface area (Å²) in [4.78, 5) is 0. The van der Waals surface area contributed by atoms with Crippen molar-refractivity contribution < 1.29 is 5.21 Å². The lowest BCUT2D eigenvalue weighted by atomic mass is 10.1. The molecule has 0 aliphatic carbocycles. The van der Waals surface area contributed by atoms with E-state index < -0.39 is 0 Å². The lowest BCUT2D eigenvalue weighted by Crippen LogP contribution is -2.21. The van der Waals surface area contributed by atoms with Gasteiger partial charge < -0.3 is 5.21 Å². The van der Waals surface area contributed by atoms with Gasteiger partial charge in [0, 0.05) is 13.1 Å². The third-order valence-corrected chi connectivity index (χ3v) is 4.04. The Balaban J connectivity index is 3.02. The van der Waals surface area contributed by atoms with Crippen molar-refractivity contribution >= 4 is 0 Å². The van der Waals surface area contributed by atoms with Gasteiger partial charge in [-0.1, -0.05) is 90.9 Å². The van der Waals surface area contributed by atoms with Gasteiger partial charge in [0.1, 0.15) is 0 Å². The second-order valence-electron chi connectivity index (χ2n) is 6.20. The second kappa shape index (κ2) is 17.0. The summed E-state index contributed by atoms with van der Waals surface area (Å²) in [5.41, 5.74) is 0. The molecule has 2 heteroatoms. The lowest BCUT2D eigenvalue weighted by Gasteiger charge is -2.13. The van der Waals surface area contributed by atoms with Crippen molar-refractivity contribution in [1.29, 1.82) is 0 Å². The van der Waals surface area contributed by atoms with E-state index in [-0.39, 0.29) is 0 Å². The number of unbranched alkanes of at least 4 members (excludes halogenated alkanes) is 12. The molecule has 0 aromatic rings. The number of hydroxylamine groups is 2. The van der Waals surface area contributed by atoms with Crippen LogP contribution in [0.3, 0.4) is 0 Å². The minimum atomic E-state index is 0.842. The summed E-state index contributed by atoms with van der Waals surface area (Å²) < 4.78 is 0. The van der Waals surface area contributed by atoms with Gasteiger partial charge >= 0.3 is 0 Å². The smallest absolute Gasteiger partial charge is 0.0238 e. The fourth-order valence-electron chi connectivity index (χ4n) is 2.59. The highest BCUT2D eigenvalue weighted by atomic mass is 16.5. The zero-order chi connectivity index (χ0) is 14.9. The molecule has 0 aromatic heterocycles. The highest BCUT2D eigenvalue weighted by molar-refractivity contribution is 4.50. The van der Waals surface area contributed by atoms with Crippen LogP contribution >= 0.6 is 0 Å². The average molecular weight is 286 g/mol. The maximum Gasteiger partial charge on any atom is 0.0238 e. The first-order valence-corrected chi connectivity index (χ1v) is 9.25. The van der Waals surface area contributed by atoms with Crippen LogP contribution in [0.2, 0.25) is 0 Å². The Kier molecular flexibility index (Phi) is 16.9. The van der Waals surface area contributed by atoms with Gasteiger partial charge in [-0.15, -0.1) is 0 Å². The first-order chi connectivity index (χ1) is 9.81. The molecule has 0 rings (SSSR count). The summed E-state index contributed by atoms with van der Waals surface area (Å²) in [6, 6.07) is 0. The minimum absolute atomic E-state index is 0.842. The van der Waals surface area contributed by atoms with Gasteiger partial charge in [-0.2, -0.15) is 5.06 Å². The molecule has 0 aromatic carbocycles. The van der Waals surface area contributed by atoms with Crippen LogP contribution in [0, 0.1) is 0 Å². The van der Waals surface area contributed by atoms with Gasteiger partial charge in [0.25, 0.3) is 0 Å². The number of nitrogens with zero attached hydrogens (tertiary/aromatic N) is 1. The van der Waals surface area contributed by atoms with Crippen LogP contribution < -0.4 is 0 Å². The molecule has 0 unspecified atom stereocenters. The zero-order valence-corrected chi connectivity index (χ0v) is 14.2. The standard InChI is InChI=1S/C18H39NO/c1-3-5-7-8-9-10-11-12-13-14-15-16-18-19(20)17-6-4-2/h20H,3-18H2,1-2H3. The van der Waals surface area contributed by atoms with E-state index >= 15 is 0 Å². The highest BCUT2D eigenvalue weighted by Crippen LogP contribution is 2.12. The average Bonchev–Trinajstić information content (AvgIpc) is 2.46. The number of hydrogen-bond acceptors (Lipinski definition) is 2. The Morgan fingerprint density at radius 1 is 0.500 bits per heavy atom. The van der Waals surface area contributed by atoms with Crippen molar-refractivity contribution in [1.82, 2.24) is 5.06 Å².